The number of nitrogens with zero attached hydrogens (tertiary/aromatic N) is 10. The molecule has 2 aromatic carbocycles. The van der Waals surface area contributed by atoms with Crippen molar-refractivity contribution >= 4 is 65.1 Å². The van der Waals surface area contributed by atoms with Crippen LogP contribution in [-0.2, 0) is 29.5 Å². The molecular weight excluding hydrogens is 1150 g/mol. The van der Waals surface area contributed by atoms with Crippen LogP contribution in [0, 0.1) is 11.6 Å². The van der Waals surface area contributed by atoms with Gasteiger partial charge in [0.15, 0.2) is 0 Å². The monoisotopic (exact) mass is 1230 g/mol. The second kappa shape index (κ2) is 27.2. The van der Waals surface area contributed by atoms with E-state index in [1.165, 1.54) is 116 Å². The van der Waals surface area contributed by atoms with E-state index in [1.54, 1.807) is 12.1 Å². The summed E-state index contributed by atoms with van der Waals surface area (Å²) in [5, 5.41) is 0.901. The number of morpholine rings is 2. The van der Waals surface area contributed by atoms with Crippen LogP contribution in [0.15, 0.2) is 48.8 Å². The zero-order chi connectivity index (χ0) is 60.0. The Labute approximate surface area is 501 Å². The van der Waals surface area contributed by atoms with Gasteiger partial charge in [-0.25, -0.2) is 55.5 Å². The van der Waals surface area contributed by atoms with E-state index >= 15 is 8.78 Å². The highest BCUT2D eigenvalue weighted by atomic mass is 32.2. The van der Waals surface area contributed by atoms with Gasteiger partial charge >= 0.3 is 0 Å². The molecule has 22 nitrogen and oxygen atoms in total. The third kappa shape index (κ3) is 15.0. The van der Waals surface area contributed by atoms with Gasteiger partial charge in [0.05, 0.1) is 76.8 Å². The van der Waals surface area contributed by atoms with Crippen molar-refractivity contribution < 1.29 is 54.0 Å². The van der Waals surface area contributed by atoms with E-state index in [9.17, 15) is 16.8 Å². The van der Waals surface area contributed by atoms with Crippen molar-refractivity contribution in [1.82, 2.24) is 39.7 Å². The third-order valence-corrected chi connectivity index (χ3v) is 18.1. The molecule has 2 saturated carbocycles. The van der Waals surface area contributed by atoms with Gasteiger partial charge in [-0.15, -0.1) is 0 Å². The molecule has 12 rings (SSSR count). The number of hydrogen-bond donors (Lipinski definition) is 2. The molecule has 464 valence electrons. The van der Waals surface area contributed by atoms with Crippen molar-refractivity contribution in [3.05, 3.63) is 60.4 Å². The summed E-state index contributed by atoms with van der Waals surface area (Å²) in [4.78, 5) is 37.4. The maximum Gasteiger partial charge on any atom is 0.238 e. The SMILES string of the molecule is COc1ncc(-c2nc(N3CCOCC3)nc3c(OC4CCC(N5CCCCC5)CC4)cc(F)cc23)cc1NS(C)(=O)=O.COc1ncc(-c2nc(N3CCOCC3)nc3c(OC4CCC(N5CCCCC5)CC4)cc(F)cc23)cc1NS(C)(=O)=O. The Balaban J connectivity index is 0.000000179. The molecule has 2 N–H and O–H groups in total. The van der Waals surface area contributed by atoms with E-state index in [2.05, 4.69) is 29.2 Å². The Kier molecular flexibility index (Phi) is 19.3. The average molecular weight is 1230 g/mol. The molecule has 26 heteroatoms. The van der Waals surface area contributed by atoms with Crippen molar-refractivity contribution in [2.45, 2.75) is 114 Å². The molecule has 6 aliphatic rings. The van der Waals surface area contributed by atoms with Crippen molar-refractivity contribution in [1.29, 1.82) is 0 Å². The number of rotatable bonds is 16. The van der Waals surface area contributed by atoms with Gasteiger partial charge in [-0.1, -0.05) is 12.8 Å². The number of likely N-dealkylation sites (tertiary alicyclic amines) is 2. The van der Waals surface area contributed by atoms with Gasteiger partial charge in [-0.2, -0.15) is 0 Å². The Morgan fingerprint density at radius 1 is 0.500 bits per heavy atom. The standard InChI is InChI=1S/2C30H39FN6O5S/c2*1-40-29-25(35-43(2,38)39)16-20(19-32-29)27-24-17-21(31)18-26(28(24)34-30(33-27)37-12-14-41-15-13-37)42-23-8-6-22(7-9-23)36-10-4-3-5-11-36/h2*16-19,22-23,35H,3-15H2,1-2H3. The fraction of sp³-hybridized carbons (Fsp3) is 0.567. The lowest BCUT2D eigenvalue weighted by Crippen LogP contribution is -2.42. The number of nitrogens with one attached hydrogen (secondary N) is 2. The summed E-state index contributed by atoms with van der Waals surface area (Å²) >= 11 is 0. The first-order chi connectivity index (χ1) is 41.5. The number of anilines is 4. The molecule has 6 fully saturated rings. The van der Waals surface area contributed by atoms with Crippen molar-refractivity contribution in [2.75, 3.05) is 125 Å². The highest BCUT2D eigenvalue weighted by molar-refractivity contribution is 7.92. The molecule has 0 amide bonds. The van der Waals surface area contributed by atoms with Crippen molar-refractivity contribution in [2.24, 2.45) is 0 Å². The van der Waals surface area contributed by atoms with Gasteiger partial charge in [0.25, 0.3) is 0 Å². The third-order valence-electron chi connectivity index (χ3n) is 16.9. The second-order valence-corrected chi connectivity index (χ2v) is 26.6. The first-order valence-electron chi connectivity index (χ1n) is 30.1. The van der Waals surface area contributed by atoms with Gasteiger partial charge in [0.2, 0.25) is 43.7 Å². The molecule has 2 aliphatic carbocycles. The van der Waals surface area contributed by atoms with Gasteiger partial charge < -0.3 is 48.0 Å². The van der Waals surface area contributed by atoms with Crippen LogP contribution in [0.3, 0.4) is 0 Å². The second-order valence-electron chi connectivity index (χ2n) is 23.1. The lowest BCUT2D eigenvalue weighted by atomic mass is 9.90. The van der Waals surface area contributed by atoms with Crippen LogP contribution in [0.4, 0.5) is 32.1 Å². The molecule has 0 spiro atoms. The smallest absolute Gasteiger partial charge is 0.238 e. The molecule has 4 aliphatic heterocycles. The first-order valence-corrected chi connectivity index (χ1v) is 33.9. The Morgan fingerprint density at radius 3 is 1.22 bits per heavy atom. The fourth-order valence-corrected chi connectivity index (χ4v) is 13.8. The summed E-state index contributed by atoms with van der Waals surface area (Å²) in [6.45, 7) is 9.27. The first kappa shape index (κ1) is 61.1. The molecule has 8 heterocycles. The van der Waals surface area contributed by atoms with E-state index in [0.29, 0.717) is 132 Å². The zero-order valence-corrected chi connectivity index (χ0v) is 51.1. The van der Waals surface area contributed by atoms with Gasteiger partial charge in [0, 0.05) is 84.7 Å². The van der Waals surface area contributed by atoms with E-state index in [4.69, 9.17) is 48.4 Å². The van der Waals surface area contributed by atoms with Crippen LogP contribution in [0.2, 0.25) is 0 Å². The van der Waals surface area contributed by atoms with E-state index < -0.39 is 31.7 Å². The maximum atomic E-state index is 15.2. The number of halogens is 2. The van der Waals surface area contributed by atoms with Gasteiger partial charge in [-0.05, 0) is 127 Å². The fourth-order valence-electron chi connectivity index (χ4n) is 12.8. The largest absolute Gasteiger partial charge is 0.488 e. The normalized spacial score (nSPS) is 22.0. The van der Waals surface area contributed by atoms with Crippen molar-refractivity contribution in [3.8, 4) is 45.8 Å². The molecule has 6 aromatic rings. The van der Waals surface area contributed by atoms with Gasteiger partial charge in [0.1, 0.15) is 45.5 Å². The number of ether oxygens (including phenoxy) is 6. The lowest BCUT2D eigenvalue weighted by molar-refractivity contribution is 0.0775. The number of hydrogen-bond acceptors (Lipinski definition) is 20. The number of piperidine rings is 2. The molecule has 4 saturated heterocycles. The summed E-state index contributed by atoms with van der Waals surface area (Å²) in [7, 11) is -4.44. The van der Waals surface area contributed by atoms with E-state index in [0.717, 1.165) is 63.9 Å². The summed E-state index contributed by atoms with van der Waals surface area (Å²) < 4.78 is 118. The van der Waals surface area contributed by atoms with Crippen LogP contribution < -0.4 is 38.2 Å². The highest BCUT2D eigenvalue weighted by Gasteiger charge is 2.32. The van der Waals surface area contributed by atoms with Crippen molar-refractivity contribution in [3.63, 3.8) is 0 Å². The lowest BCUT2D eigenvalue weighted by Gasteiger charge is -2.38. The minimum atomic E-state index is -3.63. The maximum absolute atomic E-state index is 15.2. The minimum Gasteiger partial charge on any atom is -0.488 e. The molecule has 0 unspecified atom stereocenters. The number of fused-ring (bicyclic) bond motifs is 2. The summed E-state index contributed by atoms with van der Waals surface area (Å²) in [5.41, 5.74) is 3.09. The van der Waals surface area contributed by atoms with E-state index in [1.807, 2.05) is 9.80 Å². The topological polar surface area (TPSA) is 238 Å². The zero-order valence-electron chi connectivity index (χ0n) is 49.4. The van der Waals surface area contributed by atoms with Crippen LogP contribution in [0.1, 0.15) is 89.9 Å². The number of pyridine rings is 2. The van der Waals surface area contributed by atoms with Crippen LogP contribution in [0.25, 0.3) is 44.3 Å². The summed E-state index contributed by atoms with van der Waals surface area (Å²) in [5.74, 6) is 0.964. The molecule has 0 bridgehead atoms. The van der Waals surface area contributed by atoms with Gasteiger partial charge in [-0.3, -0.25) is 9.44 Å². The van der Waals surface area contributed by atoms with Crippen LogP contribution in [0.5, 0.6) is 23.3 Å². The Morgan fingerprint density at radius 2 is 0.872 bits per heavy atom. The molecule has 4 aromatic heterocycles. The number of benzene rings is 2. The van der Waals surface area contributed by atoms with E-state index in [-0.39, 0.29) is 35.3 Å². The summed E-state index contributed by atoms with van der Waals surface area (Å²) in [6.07, 6.45) is 20.7. The molecule has 0 radical (unpaired) electrons. The number of sulfonamides is 2. The number of aromatic nitrogens is 6. The van der Waals surface area contributed by atoms with Crippen LogP contribution in [-0.4, -0.2) is 186 Å². The molecule has 86 heavy (non-hydrogen) atoms. The highest BCUT2D eigenvalue weighted by Crippen LogP contribution is 2.41. The van der Waals surface area contributed by atoms with Crippen LogP contribution >= 0.6 is 0 Å². The quantitative estimate of drug-likeness (QED) is 0.0924. The predicted octanol–water partition coefficient (Wildman–Crippen LogP) is 8.45. The minimum absolute atomic E-state index is 0.0375. The Hall–Kier alpha value is -6.58. The predicted molar refractivity (Wildman–Crippen MR) is 326 cm³/mol. The average Bonchev–Trinajstić information content (AvgIpc) is 1.17. The number of methoxy groups -OCH3 is 2. The Bertz CT molecular complexity index is 3340. The molecular formula is C60H78F2N12O10S2. The summed E-state index contributed by atoms with van der Waals surface area (Å²) in [6, 6.07) is 9.94. The molecule has 0 atom stereocenters.